The number of halogens is 1. The van der Waals surface area contributed by atoms with Crippen LogP contribution in [0.15, 0.2) is 0 Å². The van der Waals surface area contributed by atoms with E-state index in [2.05, 4.69) is 10.6 Å². The van der Waals surface area contributed by atoms with Gasteiger partial charge < -0.3 is 5.32 Å². The lowest BCUT2D eigenvalue weighted by molar-refractivity contribution is -0.119. The third kappa shape index (κ3) is 8.38. The molecule has 0 heterocycles. The van der Waals surface area contributed by atoms with Crippen molar-refractivity contribution in [2.24, 2.45) is 0 Å². The second kappa shape index (κ2) is 8.67. The Labute approximate surface area is 96.4 Å². The molecule has 0 radical (unpaired) electrons. The monoisotopic (exact) mass is 254 g/mol. The molecule has 0 aliphatic rings. The lowest BCUT2D eigenvalue weighted by Gasteiger charge is -2.05. The topological polar surface area (TPSA) is 75.3 Å². The predicted octanol–water partition coefficient (Wildman–Crippen LogP) is 0.210. The van der Waals surface area contributed by atoms with Crippen LogP contribution in [0.25, 0.3) is 0 Å². The summed E-state index contributed by atoms with van der Waals surface area (Å²) in [4.78, 5) is 21.9. The van der Waals surface area contributed by atoms with Gasteiger partial charge in [-0.25, -0.2) is 4.79 Å². The summed E-state index contributed by atoms with van der Waals surface area (Å²) in [6.07, 6.45) is 0.107. The molecule has 1 unspecified atom stereocenters. The normalized spacial score (nSPS) is 11.9. The first-order chi connectivity index (χ1) is 7.10. The van der Waals surface area contributed by atoms with Gasteiger partial charge in [0, 0.05) is 41.2 Å². The van der Waals surface area contributed by atoms with Crippen molar-refractivity contribution in [3.8, 4) is 0 Å². The summed E-state index contributed by atoms with van der Waals surface area (Å²) in [5.41, 5.74) is 0. The Morgan fingerprint density at radius 3 is 2.60 bits per heavy atom. The Morgan fingerprint density at radius 2 is 2.07 bits per heavy atom. The van der Waals surface area contributed by atoms with Crippen molar-refractivity contribution >= 4 is 34.3 Å². The lowest BCUT2D eigenvalue weighted by atomic mass is 10.4. The summed E-state index contributed by atoms with van der Waals surface area (Å²) in [6.45, 7) is 2.10. The molecule has 0 saturated heterocycles. The smallest absolute Gasteiger partial charge is 0.321 e. The number of hydrogen-bond donors (Lipinski definition) is 2. The summed E-state index contributed by atoms with van der Waals surface area (Å²) < 4.78 is 11.0. The molecule has 1 atom stereocenters. The SMILES string of the molecule is CCS(=O)CCNC(=O)NC(=O)CCCl. The first kappa shape index (κ1) is 14.4. The van der Waals surface area contributed by atoms with Crippen LogP contribution in [0.3, 0.4) is 0 Å². The van der Waals surface area contributed by atoms with E-state index in [-0.39, 0.29) is 12.3 Å². The van der Waals surface area contributed by atoms with Crippen molar-refractivity contribution in [2.75, 3.05) is 23.9 Å². The Kier molecular flexibility index (Phi) is 8.31. The highest BCUT2D eigenvalue weighted by Gasteiger charge is 2.06. The molecule has 7 heteroatoms. The van der Waals surface area contributed by atoms with Gasteiger partial charge in [0.1, 0.15) is 0 Å². The van der Waals surface area contributed by atoms with Crippen LogP contribution in [0.4, 0.5) is 4.79 Å². The van der Waals surface area contributed by atoms with Crippen LogP contribution >= 0.6 is 11.6 Å². The summed E-state index contributed by atoms with van der Waals surface area (Å²) in [5, 5.41) is 4.53. The molecule has 2 N–H and O–H groups in total. The number of carbonyl (C=O) groups is 2. The van der Waals surface area contributed by atoms with E-state index in [1.54, 1.807) is 6.92 Å². The maximum absolute atomic E-state index is 11.0. The van der Waals surface area contributed by atoms with E-state index >= 15 is 0 Å². The quantitative estimate of drug-likeness (QED) is 0.666. The summed E-state index contributed by atoms with van der Waals surface area (Å²) in [7, 11) is -0.908. The number of nitrogens with one attached hydrogen (secondary N) is 2. The van der Waals surface area contributed by atoms with E-state index in [9.17, 15) is 13.8 Å². The van der Waals surface area contributed by atoms with E-state index < -0.39 is 22.7 Å². The van der Waals surface area contributed by atoms with Gasteiger partial charge in [-0.1, -0.05) is 6.92 Å². The van der Waals surface area contributed by atoms with Crippen LogP contribution in [0.2, 0.25) is 0 Å². The van der Waals surface area contributed by atoms with Crippen molar-refractivity contribution < 1.29 is 13.8 Å². The predicted molar refractivity (Wildman–Crippen MR) is 60.4 cm³/mol. The van der Waals surface area contributed by atoms with E-state index in [0.717, 1.165) is 0 Å². The average molecular weight is 255 g/mol. The third-order valence-corrected chi connectivity index (χ3v) is 3.00. The second-order valence-electron chi connectivity index (χ2n) is 2.68. The molecule has 0 aromatic rings. The van der Waals surface area contributed by atoms with Crippen LogP contribution in [0.5, 0.6) is 0 Å². The minimum Gasteiger partial charge on any atom is -0.337 e. The highest BCUT2D eigenvalue weighted by Crippen LogP contribution is 1.84. The zero-order chi connectivity index (χ0) is 11.7. The highest BCUT2D eigenvalue weighted by atomic mass is 35.5. The van der Waals surface area contributed by atoms with Crippen LogP contribution in [-0.2, 0) is 15.6 Å². The molecule has 3 amide bonds. The number of alkyl halides is 1. The first-order valence-corrected chi connectivity index (χ1v) is 6.61. The van der Waals surface area contributed by atoms with Crippen LogP contribution in [-0.4, -0.2) is 40.1 Å². The minimum absolute atomic E-state index is 0.107. The molecule has 0 saturated carbocycles. The number of amides is 3. The van der Waals surface area contributed by atoms with E-state index in [1.807, 2.05) is 0 Å². The van der Waals surface area contributed by atoms with Gasteiger partial charge >= 0.3 is 6.03 Å². The van der Waals surface area contributed by atoms with E-state index in [4.69, 9.17) is 11.6 Å². The number of carbonyl (C=O) groups excluding carboxylic acids is 2. The average Bonchev–Trinajstić information content (AvgIpc) is 2.17. The van der Waals surface area contributed by atoms with Gasteiger partial charge in [-0.15, -0.1) is 11.6 Å². The fraction of sp³-hybridized carbons (Fsp3) is 0.750. The van der Waals surface area contributed by atoms with Gasteiger partial charge in [0.15, 0.2) is 0 Å². The van der Waals surface area contributed by atoms with Crippen LogP contribution < -0.4 is 10.6 Å². The zero-order valence-electron chi connectivity index (χ0n) is 8.55. The van der Waals surface area contributed by atoms with Crippen molar-refractivity contribution in [1.82, 2.24) is 10.6 Å². The molecule has 0 aromatic carbocycles. The van der Waals surface area contributed by atoms with Crippen molar-refractivity contribution in [1.29, 1.82) is 0 Å². The molecule has 15 heavy (non-hydrogen) atoms. The van der Waals surface area contributed by atoms with Gasteiger partial charge in [0.2, 0.25) is 5.91 Å². The van der Waals surface area contributed by atoms with Crippen LogP contribution in [0, 0.1) is 0 Å². The summed E-state index contributed by atoms with van der Waals surface area (Å²) >= 11 is 5.31. The molecular weight excluding hydrogens is 240 g/mol. The van der Waals surface area contributed by atoms with E-state index in [1.165, 1.54) is 0 Å². The minimum atomic E-state index is -0.908. The molecule has 0 rings (SSSR count). The largest absolute Gasteiger partial charge is 0.337 e. The van der Waals surface area contributed by atoms with Gasteiger partial charge in [-0.2, -0.15) is 0 Å². The number of imide groups is 1. The molecular formula is C8H15ClN2O3S. The molecule has 88 valence electrons. The number of urea groups is 1. The van der Waals surface area contributed by atoms with Crippen molar-refractivity contribution in [3.05, 3.63) is 0 Å². The van der Waals surface area contributed by atoms with Gasteiger partial charge in [0.05, 0.1) is 0 Å². The molecule has 5 nitrogen and oxygen atoms in total. The summed E-state index contributed by atoms with van der Waals surface area (Å²) in [6, 6.07) is -0.571. The summed E-state index contributed by atoms with van der Waals surface area (Å²) in [5.74, 6) is 0.722. The Balaban J connectivity index is 3.57. The molecule has 0 fully saturated rings. The fourth-order valence-corrected chi connectivity index (χ4v) is 1.53. The first-order valence-electron chi connectivity index (χ1n) is 4.58. The van der Waals surface area contributed by atoms with Crippen molar-refractivity contribution in [2.45, 2.75) is 13.3 Å². The van der Waals surface area contributed by atoms with Crippen LogP contribution in [0.1, 0.15) is 13.3 Å². The van der Waals surface area contributed by atoms with Crippen molar-refractivity contribution in [3.63, 3.8) is 0 Å². The molecule has 0 aliphatic carbocycles. The molecule has 0 aliphatic heterocycles. The Hall–Kier alpha value is -0.620. The maximum atomic E-state index is 11.0. The zero-order valence-corrected chi connectivity index (χ0v) is 10.1. The Bertz CT molecular complexity index is 248. The fourth-order valence-electron chi connectivity index (χ4n) is 0.742. The number of rotatable bonds is 6. The standard InChI is InChI=1S/C8H15ClN2O3S/c1-2-15(14)6-5-10-8(13)11-7(12)3-4-9/h2-6H2,1H3,(H2,10,11,12,13). The molecule has 0 bridgehead atoms. The van der Waals surface area contributed by atoms with Gasteiger partial charge in [-0.3, -0.25) is 14.3 Å². The maximum Gasteiger partial charge on any atom is 0.321 e. The molecule has 0 aromatic heterocycles. The second-order valence-corrected chi connectivity index (χ2v) is 4.92. The highest BCUT2D eigenvalue weighted by molar-refractivity contribution is 7.84. The third-order valence-electron chi connectivity index (χ3n) is 1.51. The number of hydrogen-bond acceptors (Lipinski definition) is 3. The van der Waals surface area contributed by atoms with E-state index in [0.29, 0.717) is 18.1 Å². The van der Waals surface area contributed by atoms with Gasteiger partial charge in [0.25, 0.3) is 0 Å². The Morgan fingerprint density at radius 1 is 1.40 bits per heavy atom. The molecule has 0 spiro atoms. The van der Waals surface area contributed by atoms with Gasteiger partial charge in [-0.05, 0) is 0 Å². The lowest BCUT2D eigenvalue weighted by Crippen LogP contribution is -2.41.